The van der Waals surface area contributed by atoms with E-state index in [9.17, 15) is 0 Å². The van der Waals surface area contributed by atoms with Crippen molar-refractivity contribution in [3.63, 3.8) is 0 Å². The molecule has 0 saturated heterocycles. The topological polar surface area (TPSA) is 23.5 Å². The molecule has 2 nitrogen and oxygen atoms in total. The van der Waals surface area contributed by atoms with Gasteiger partial charge in [-0.15, -0.1) is 0 Å². The third-order valence-corrected chi connectivity index (χ3v) is 0. The molecule has 5 heavy (non-hydrogen) atoms. The molecule has 0 aromatic carbocycles. The molecule has 0 aliphatic carbocycles. The predicted octanol–water partition coefficient (Wildman–Crippen LogP) is 0.573. The van der Waals surface area contributed by atoms with Crippen LogP contribution in [0.5, 0.6) is 0 Å². The van der Waals surface area contributed by atoms with Gasteiger partial charge in [0, 0.05) is 14.1 Å². The molecule has 0 rings (SSSR count). The summed E-state index contributed by atoms with van der Waals surface area (Å²) in [5.74, 6) is 0. The molecule has 0 aromatic heterocycles. The van der Waals surface area contributed by atoms with E-state index in [2.05, 4.69) is 0 Å². The van der Waals surface area contributed by atoms with Gasteiger partial charge in [0.05, 0.1) is 0 Å². The molecule has 0 fully saturated rings. The van der Waals surface area contributed by atoms with Gasteiger partial charge in [0.25, 0.3) is 0 Å². The quantitative estimate of drug-likeness (QED) is 0.427. The molecule has 0 spiro atoms. The van der Waals surface area contributed by atoms with Crippen LogP contribution in [0, 0.1) is 0 Å². The summed E-state index contributed by atoms with van der Waals surface area (Å²) in [4.78, 5) is 0. The number of hydroxylamine groups is 2. The fourth-order valence-electron chi connectivity index (χ4n) is 0. The van der Waals surface area contributed by atoms with Crippen LogP contribution in [-0.2, 0) is 0 Å². The highest BCUT2D eigenvalue weighted by Gasteiger charge is 1.59. The van der Waals surface area contributed by atoms with Crippen molar-refractivity contribution < 1.29 is 5.21 Å². The Hall–Kier alpha value is -0.0800. The van der Waals surface area contributed by atoms with Crippen molar-refractivity contribution >= 4 is 0 Å². The summed E-state index contributed by atoms with van der Waals surface area (Å²) in [5.41, 5.74) is 0. The van der Waals surface area contributed by atoms with E-state index >= 15 is 0 Å². The van der Waals surface area contributed by atoms with Crippen molar-refractivity contribution in [3.05, 3.63) is 0 Å². The van der Waals surface area contributed by atoms with E-state index in [1.807, 2.05) is 0 Å². The first-order valence-corrected chi connectivity index (χ1v) is 1.09. The van der Waals surface area contributed by atoms with Crippen LogP contribution in [-0.4, -0.2) is 24.4 Å². The van der Waals surface area contributed by atoms with E-state index in [1.54, 1.807) is 14.1 Å². The zero-order valence-electron chi connectivity index (χ0n) is 2.89. The largest absolute Gasteiger partial charge is 0.315 e. The van der Waals surface area contributed by atoms with E-state index in [0.29, 0.717) is 0 Å². The van der Waals surface area contributed by atoms with Gasteiger partial charge < -0.3 is 5.21 Å². The van der Waals surface area contributed by atoms with Gasteiger partial charge in [0.1, 0.15) is 0 Å². The summed E-state index contributed by atoms with van der Waals surface area (Å²) in [7, 11) is 3.11. The Balaban J connectivity index is 0. The van der Waals surface area contributed by atoms with Crippen molar-refractivity contribution in [2.75, 3.05) is 14.1 Å². The van der Waals surface area contributed by atoms with Crippen LogP contribution >= 0.6 is 0 Å². The molecule has 1 N–H and O–H groups in total. The SMILES string of the molecule is C.CN(C)O. The monoisotopic (exact) mass is 77.1 g/mol. The highest BCUT2D eigenvalue weighted by atomic mass is 16.5. The van der Waals surface area contributed by atoms with Gasteiger partial charge in [-0.25, -0.2) is 0 Å². The van der Waals surface area contributed by atoms with Gasteiger partial charge in [0.15, 0.2) is 0 Å². The summed E-state index contributed by atoms with van der Waals surface area (Å²) in [5, 5.41) is 8.89. The third-order valence-electron chi connectivity index (χ3n) is 0. The number of hydrogen-bond donors (Lipinski definition) is 1. The van der Waals surface area contributed by atoms with Gasteiger partial charge in [-0.2, -0.15) is 5.06 Å². The minimum absolute atomic E-state index is 0. The van der Waals surface area contributed by atoms with E-state index in [4.69, 9.17) is 5.21 Å². The number of rotatable bonds is 0. The fraction of sp³-hybridized carbons (Fsp3) is 1.00. The van der Waals surface area contributed by atoms with Crippen LogP contribution in [0.15, 0.2) is 0 Å². The van der Waals surface area contributed by atoms with Crippen molar-refractivity contribution in [2.45, 2.75) is 7.43 Å². The van der Waals surface area contributed by atoms with E-state index in [0.717, 1.165) is 5.06 Å². The Kier molecular flexibility index (Phi) is 6.95. The lowest BCUT2D eigenvalue weighted by atomic mass is 11.2. The first kappa shape index (κ1) is 8.87. The Morgan fingerprint density at radius 3 is 1.40 bits per heavy atom. The first-order valence-electron chi connectivity index (χ1n) is 1.09. The lowest BCUT2D eigenvalue weighted by Crippen LogP contribution is -2.01. The van der Waals surface area contributed by atoms with Crippen LogP contribution in [0.4, 0.5) is 0 Å². The summed E-state index contributed by atoms with van der Waals surface area (Å²) < 4.78 is 0. The van der Waals surface area contributed by atoms with Crippen LogP contribution in [0.1, 0.15) is 7.43 Å². The molecule has 0 unspecified atom stereocenters. The van der Waals surface area contributed by atoms with Crippen molar-refractivity contribution in [1.29, 1.82) is 0 Å². The molecule has 0 aromatic rings. The maximum atomic E-state index is 7.89. The third kappa shape index (κ3) is 2260. The Morgan fingerprint density at radius 1 is 1.40 bits per heavy atom. The molecule has 0 heterocycles. The second-order valence-electron chi connectivity index (χ2n) is 0.847. The molecule has 34 valence electrons. The molecule has 0 atom stereocenters. The number of hydrogen-bond acceptors (Lipinski definition) is 2. The van der Waals surface area contributed by atoms with Gasteiger partial charge in [-0.05, 0) is 0 Å². The summed E-state index contributed by atoms with van der Waals surface area (Å²) in [6.07, 6.45) is 0. The second kappa shape index (κ2) is 3.92. The maximum absolute atomic E-state index is 7.89. The minimum atomic E-state index is 0. The van der Waals surface area contributed by atoms with Crippen molar-refractivity contribution in [2.24, 2.45) is 0 Å². The molecule has 0 amide bonds. The average molecular weight is 77.1 g/mol. The molecule has 0 saturated carbocycles. The first-order chi connectivity index (χ1) is 1.73. The standard InChI is InChI=1S/C2H7NO.CH4/c1-3(2)4;/h4H,1-2H3;1H4. The highest BCUT2D eigenvalue weighted by molar-refractivity contribution is 3.90. The fourth-order valence-corrected chi connectivity index (χ4v) is 0. The summed E-state index contributed by atoms with van der Waals surface area (Å²) >= 11 is 0. The van der Waals surface area contributed by atoms with Crippen LogP contribution in [0.25, 0.3) is 0 Å². The van der Waals surface area contributed by atoms with E-state index < -0.39 is 0 Å². The molecular formula is C3H11NO. The van der Waals surface area contributed by atoms with Gasteiger partial charge >= 0.3 is 0 Å². The zero-order chi connectivity index (χ0) is 3.58. The van der Waals surface area contributed by atoms with Crippen molar-refractivity contribution in [3.8, 4) is 0 Å². The smallest absolute Gasteiger partial charge is 0.0121 e. The average Bonchev–Trinajstić information content (AvgIpc) is 0.811. The molecular weight excluding hydrogens is 66.0 g/mol. The predicted molar refractivity (Wildman–Crippen MR) is 22.2 cm³/mol. The second-order valence-corrected chi connectivity index (χ2v) is 0.847. The number of nitrogens with zero attached hydrogens (tertiary/aromatic N) is 1. The molecule has 0 bridgehead atoms. The summed E-state index contributed by atoms with van der Waals surface area (Å²) in [6.45, 7) is 0. The van der Waals surface area contributed by atoms with Gasteiger partial charge in [-0.1, -0.05) is 7.43 Å². The van der Waals surface area contributed by atoms with E-state index in [1.165, 1.54) is 0 Å². The van der Waals surface area contributed by atoms with Crippen LogP contribution < -0.4 is 0 Å². The Morgan fingerprint density at radius 2 is 1.40 bits per heavy atom. The van der Waals surface area contributed by atoms with E-state index in [-0.39, 0.29) is 7.43 Å². The maximum Gasteiger partial charge on any atom is 0.0121 e. The Bertz CT molecular complexity index is 11.6. The highest BCUT2D eigenvalue weighted by Crippen LogP contribution is 1.46. The van der Waals surface area contributed by atoms with Crippen molar-refractivity contribution in [1.82, 2.24) is 5.06 Å². The molecule has 0 aliphatic rings. The van der Waals surface area contributed by atoms with Gasteiger partial charge in [0.2, 0.25) is 0 Å². The summed E-state index contributed by atoms with van der Waals surface area (Å²) in [6, 6.07) is 0. The lowest BCUT2D eigenvalue weighted by molar-refractivity contribution is -0.0372. The molecule has 0 radical (unpaired) electrons. The lowest BCUT2D eigenvalue weighted by Gasteiger charge is -1.89. The minimum Gasteiger partial charge on any atom is -0.315 e. The molecule has 2 heteroatoms. The normalized spacial score (nSPS) is 7.20. The zero-order valence-corrected chi connectivity index (χ0v) is 2.89. The van der Waals surface area contributed by atoms with Crippen LogP contribution in [0.2, 0.25) is 0 Å². The Labute approximate surface area is 33.0 Å². The van der Waals surface area contributed by atoms with Crippen LogP contribution in [0.3, 0.4) is 0 Å². The van der Waals surface area contributed by atoms with Gasteiger partial charge in [-0.3, -0.25) is 0 Å². The molecule has 0 aliphatic heterocycles.